The fourth-order valence-electron chi connectivity index (χ4n) is 1.18. The zero-order chi connectivity index (χ0) is 11.3. The Morgan fingerprint density at radius 2 is 1.93 bits per heavy atom. The molecule has 0 saturated heterocycles. The topological polar surface area (TPSA) is 87.1 Å². The lowest BCUT2D eigenvalue weighted by Gasteiger charge is -1.99. The van der Waals surface area contributed by atoms with Crippen molar-refractivity contribution in [3.63, 3.8) is 0 Å². The molecule has 0 spiro atoms. The molecular formula is C10H12N2O3. The molecule has 0 unspecified atom stereocenters. The van der Waals surface area contributed by atoms with Gasteiger partial charge in [0.2, 0.25) is 5.91 Å². The number of aryl methyl sites for hydroxylation is 1. The third-order valence-corrected chi connectivity index (χ3v) is 1.97. The van der Waals surface area contributed by atoms with E-state index in [1.165, 1.54) is 0 Å². The molecule has 0 fully saturated rings. The molecule has 0 aromatic carbocycles. The molecular weight excluding hydrogens is 196 g/mol. The zero-order valence-corrected chi connectivity index (χ0v) is 8.18. The highest BCUT2D eigenvalue weighted by Crippen LogP contribution is 1.93. The van der Waals surface area contributed by atoms with Gasteiger partial charge in [-0.3, -0.25) is 4.79 Å². The van der Waals surface area contributed by atoms with Gasteiger partial charge in [0, 0.05) is 24.5 Å². The van der Waals surface area contributed by atoms with Crippen LogP contribution < -0.4 is 15.4 Å². The van der Waals surface area contributed by atoms with Crippen LogP contribution in [0.5, 0.6) is 0 Å². The Hall–Kier alpha value is -1.91. The van der Waals surface area contributed by atoms with Gasteiger partial charge in [-0.25, -0.2) is 4.57 Å². The van der Waals surface area contributed by atoms with Gasteiger partial charge < -0.3 is 15.6 Å². The van der Waals surface area contributed by atoms with Gasteiger partial charge in [-0.2, -0.15) is 0 Å². The SMILES string of the molecule is NC(=O)c1cc[n+](CCCC(=O)[O-])cc1. The predicted molar refractivity (Wildman–Crippen MR) is 49.4 cm³/mol. The van der Waals surface area contributed by atoms with Crippen LogP contribution in [0, 0.1) is 0 Å². The number of carboxylic acid groups (broad SMARTS) is 1. The van der Waals surface area contributed by atoms with E-state index >= 15 is 0 Å². The fraction of sp³-hybridized carbons (Fsp3) is 0.300. The van der Waals surface area contributed by atoms with E-state index < -0.39 is 11.9 Å². The van der Waals surface area contributed by atoms with Gasteiger partial charge in [-0.15, -0.1) is 0 Å². The maximum absolute atomic E-state index is 10.7. The number of hydrogen-bond donors (Lipinski definition) is 1. The lowest BCUT2D eigenvalue weighted by molar-refractivity contribution is -0.697. The van der Waals surface area contributed by atoms with E-state index in [1.54, 1.807) is 29.1 Å². The summed E-state index contributed by atoms with van der Waals surface area (Å²) in [6.45, 7) is 0.576. The van der Waals surface area contributed by atoms with E-state index in [1.807, 2.05) is 0 Å². The molecule has 0 aliphatic rings. The van der Waals surface area contributed by atoms with Gasteiger partial charge in [-0.1, -0.05) is 0 Å². The lowest BCUT2D eigenvalue weighted by atomic mass is 10.2. The van der Waals surface area contributed by atoms with Crippen molar-refractivity contribution in [3.05, 3.63) is 30.1 Å². The van der Waals surface area contributed by atoms with E-state index in [0.29, 0.717) is 18.5 Å². The Bertz CT molecular complexity index is 359. The smallest absolute Gasteiger partial charge is 0.249 e. The maximum Gasteiger partial charge on any atom is 0.249 e. The number of aromatic nitrogens is 1. The third-order valence-electron chi connectivity index (χ3n) is 1.97. The minimum Gasteiger partial charge on any atom is -0.550 e. The standard InChI is InChI=1S/C10H12N2O3/c11-10(15)8-3-6-12(7-4-8)5-1-2-9(13)14/h3-4,6-7H,1-2,5H2,(H2-,11,13,14,15). The average molecular weight is 208 g/mol. The van der Waals surface area contributed by atoms with Crippen molar-refractivity contribution < 1.29 is 19.3 Å². The molecule has 1 aromatic heterocycles. The molecule has 0 aliphatic heterocycles. The second-order valence-corrected chi connectivity index (χ2v) is 3.16. The summed E-state index contributed by atoms with van der Waals surface area (Å²) in [5.74, 6) is -1.53. The Morgan fingerprint density at radius 3 is 2.40 bits per heavy atom. The van der Waals surface area contributed by atoms with Crippen LogP contribution >= 0.6 is 0 Å². The van der Waals surface area contributed by atoms with Crippen molar-refractivity contribution in [2.75, 3.05) is 0 Å². The minimum atomic E-state index is -1.05. The first-order valence-corrected chi connectivity index (χ1v) is 4.58. The van der Waals surface area contributed by atoms with Gasteiger partial charge in [0.15, 0.2) is 12.4 Å². The van der Waals surface area contributed by atoms with Crippen LogP contribution in [-0.4, -0.2) is 11.9 Å². The van der Waals surface area contributed by atoms with Crippen molar-refractivity contribution in [2.24, 2.45) is 5.73 Å². The lowest BCUT2D eigenvalue weighted by Crippen LogP contribution is -2.34. The zero-order valence-electron chi connectivity index (χ0n) is 8.18. The Kier molecular flexibility index (Phi) is 3.79. The third kappa shape index (κ3) is 3.76. The predicted octanol–water partition coefficient (Wildman–Crippen LogP) is -1.40. The Balaban J connectivity index is 2.50. The van der Waals surface area contributed by atoms with Crippen LogP contribution in [0.1, 0.15) is 23.2 Å². The molecule has 0 atom stereocenters. The molecule has 0 radical (unpaired) electrons. The molecule has 80 valence electrons. The Labute approximate surface area is 87.1 Å². The number of nitrogens with two attached hydrogens (primary N) is 1. The van der Waals surface area contributed by atoms with E-state index in [9.17, 15) is 14.7 Å². The summed E-state index contributed by atoms with van der Waals surface area (Å²) in [7, 11) is 0. The summed E-state index contributed by atoms with van der Waals surface area (Å²) in [6, 6.07) is 3.20. The minimum absolute atomic E-state index is 0.0323. The molecule has 0 bridgehead atoms. The molecule has 1 heterocycles. The number of carboxylic acids is 1. The molecule has 15 heavy (non-hydrogen) atoms. The van der Waals surface area contributed by atoms with Crippen LogP contribution in [0.2, 0.25) is 0 Å². The number of nitrogens with zero attached hydrogens (tertiary/aromatic N) is 1. The number of aliphatic carboxylic acids is 1. The first-order chi connectivity index (χ1) is 7.09. The second kappa shape index (κ2) is 5.09. The van der Waals surface area contributed by atoms with Crippen molar-refractivity contribution in [3.8, 4) is 0 Å². The van der Waals surface area contributed by atoms with E-state index in [4.69, 9.17) is 5.73 Å². The first-order valence-electron chi connectivity index (χ1n) is 4.58. The maximum atomic E-state index is 10.7. The van der Waals surface area contributed by atoms with E-state index in [2.05, 4.69) is 0 Å². The highest BCUT2D eigenvalue weighted by molar-refractivity contribution is 5.92. The molecule has 5 nitrogen and oxygen atoms in total. The van der Waals surface area contributed by atoms with E-state index in [-0.39, 0.29) is 6.42 Å². The van der Waals surface area contributed by atoms with Gasteiger partial charge in [0.25, 0.3) is 0 Å². The summed E-state index contributed by atoms with van der Waals surface area (Å²) in [5.41, 5.74) is 5.51. The largest absolute Gasteiger partial charge is 0.550 e. The van der Waals surface area contributed by atoms with Gasteiger partial charge in [0.05, 0.1) is 5.56 Å². The molecule has 0 aliphatic carbocycles. The number of pyridine rings is 1. The van der Waals surface area contributed by atoms with Crippen molar-refractivity contribution in [1.29, 1.82) is 0 Å². The summed E-state index contributed by atoms with van der Waals surface area (Å²) < 4.78 is 1.79. The summed E-state index contributed by atoms with van der Waals surface area (Å²) in [4.78, 5) is 20.9. The number of hydrogen-bond acceptors (Lipinski definition) is 3. The number of primary amides is 1. The molecule has 1 amide bonds. The monoisotopic (exact) mass is 208 g/mol. The van der Waals surface area contributed by atoms with Crippen LogP contribution in [0.15, 0.2) is 24.5 Å². The van der Waals surface area contributed by atoms with Gasteiger partial charge in [0.1, 0.15) is 6.54 Å². The van der Waals surface area contributed by atoms with Crippen molar-refractivity contribution >= 4 is 11.9 Å². The first kappa shape index (κ1) is 11.2. The van der Waals surface area contributed by atoms with Gasteiger partial charge in [-0.05, 0) is 6.42 Å². The average Bonchev–Trinajstić information content (AvgIpc) is 2.18. The molecule has 0 saturated carbocycles. The summed E-state index contributed by atoms with van der Waals surface area (Å²) >= 11 is 0. The normalized spacial score (nSPS) is 9.87. The molecule has 2 N–H and O–H groups in total. The van der Waals surface area contributed by atoms with Crippen LogP contribution in [-0.2, 0) is 11.3 Å². The van der Waals surface area contributed by atoms with Crippen molar-refractivity contribution in [1.82, 2.24) is 0 Å². The van der Waals surface area contributed by atoms with Crippen LogP contribution in [0.3, 0.4) is 0 Å². The number of rotatable bonds is 5. The van der Waals surface area contributed by atoms with E-state index in [0.717, 1.165) is 0 Å². The summed E-state index contributed by atoms with van der Waals surface area (Å²) in [6.07, 6.45) is 3.91. The van der Waals surface area contributed by atoms with Crippen LogP contribution in [0.25, 0.3) is 0 Å². The van der Waals surface area contributed by atoms with Crippen LogP contribution in [0.4, 0.5) is 0 Å². The highest BCUT2D eigenvalue weighted by Gasteiger charge is 2.03. The molecule has 1 aromatic rings. The second-order valence-electron chi connectivity index (χ2n) is 3.16. The number of carbonyl (C=O) groups is 2. The quantitative estimate of drug-likeness (QED) is 0.604. The van der Waals surface area contributed by atoms with Crippen molar-refractivity contribution in [2.45, 2.75) is 19.4 Å². The highest BCUT2D eigenvalue weighted by atomic mass is 16.4. The van der Waals surface area contributed by atoms with Gasteiger partial charge >= 0.3 is 0 Å². The molecule has 5 heteroatoms. The summed E-state index contributed by atoms with van der Waals surface area (Å²) in [5, 5.41) is 10.2. The molecule has 1 rings (SSSR count). The Morgan fingerprint density at radius 1 is 1.33 bits per heavy atom. The number of carbonyl (C=O) groups excluding carboxylic acids is 2. The number of amides is 1. The fourth-order valence-corrected chi connectivity index (χ4v) is 1.18.